The maximum absolute atomic E-state index is 12.7. The SMILES string of the molecule is COc1ccc(N(C(C)C(=O)NCCCN2CCCc3ccccc32)S(C)(=O)=O)cc1. The van der Waals surface area contributed by atoms with Crippen molar-refractivity contribution >= 4 is 27.3 Å². The lowest BCUT2D eigenvalue weighted by atomic mass is 10.0. The first-order valence-electron chi connectivity index (χ1n) is 10.6. The molecule has 0 bridgehead atoms. The number of para-hydroxylation sites is 1. The standard InChI is InChI=1S/C23H31N3O4S/c1-18(26(31(3,28)29)20-11-13-21(30-2)14-12-20)23(27)24-15-7-17-25-16-6-9-19-8-4-5-10-22(19)25/h4-5,8,10-14,18H,6-7,9,15-17H2,1-3H3,(H,24,27). The van der Waals surface area contributed by atoms with Gasteiger partial charge in [0.15, 0.2) is 0 Å². The van der Waals surface area contributed by atoms with E-state index in [0.29, 0.717) is 18.0 Å². The summed E-state index contributed by atoms with van der Waals surface area (Å²) in [6.45, 7) is 3.95. The highest BCUT2D eigenvalue weighted by Gasteiger charge is 2.29. The molecule has 1 amide bonds. The molecule has 2 aromatic carbocycles. The number of amides is 1. The van der Waals surface area contributed by atoms with Crippen LogP contribution in [-0.4, -0.2) is 53.4 Å². The Balaban J connectivity index is 1.57. The van der Waals surface area contributed by atoms with Gasteiger partial charge in [-0.3, -0.25) is 9.10 Å². The maximum Gasteiger partial charge on any atom is 0.243 e. The lowest BCUT2D eigenvalue weighted by Gasteiger charge is -2.31. The summed E-state index contributed by atoms with van der Waals surface area (Å²) in [6.07, 6.45) is 4.13. The first-order chi connectivity index (χ1) is 14.8. The molecule has 1 atom stereocenters. The van der Waals surface area contributed by atoms with Gasteiger partial charge in [0, 0.05) is 25.3 Å². The molecule has 0 aromatic heterocycles. The number of benzene rings is 2. The molecular formula is C23H31N3O4S. The molecule has 1 unspecified atom stereocenters. The van der Waals surface area contributed by atoms with Crippen molar-refractivity contribution in [2.75, 3.05) is 42.2 Å². The fourth-order valence-corrected chi connectivity index (χ4v) is 5.19. The van der Waals surface area contributed by atoms with Crippen molar-refractivity contribution in [2.24, 2.45) is 0 Å². The van der Waals surface area contributed by atoms with Crippen molar-refractivity contribution in [3.05, 3.63) is 54.1 Å². The first kappa shape index (κ1) is 22.9. The number of ether oxygens (including phenoxy) is 1. The molecule has 8 heteroatoms. The van der Waals surface area contributed by atoms with E-state index in [0.717, 1.165) is 42.9 Å². The molecule has 0 saturated heterocycles. The van der Waals surface area contributed by atoms with Crippen LogP contribution in [0.5, 0.6) is 5.75 Å². The Kier molecular flexibility index (Phi) is 7.43. The molecule has 0 saturated carbocycles. The van der Waals surface area contributed by atoms with E-state index in [1.54, 1.807) is 38.3 Å². The van der Waals surface area contributed by atoms with Gasteiger partial charge >= 0.3 is 0 Å². The van der Waals surface area contributed by atoms with Gasteiger partial charge in [0.05, 0.1) is 19.1 Å². The highest BCUT2D eigenvalue weighted by atomic mass is 32.2. The predicted molar refractivity (Wildman–Crippen MR) is 124 cm³/mol. The molecule has 1 aliphatic heterocycles. The summed E-state index contributed by atoms with van der Waals surface area (Å²) in [5.41, 5.74) is 3.07. The van der Waals surface area contributed by atoms with Crippen molar-refractivity contribution in [1.29, 1.82) is 0 Å². The van der Waals surface area contributed by atoms with E-state index in [9.17, 15) is 13.2 Å². The van der Waals surface area contributed by atoms with Crippen LogP contribution in [0.4, 0.5) is 11.4 Å². The highest BCUT2D eigenvalue weighted by Crippen LogP contribution is 2.26. The van der Waals surface area contributed by atoms with Gasteiger partial charge in [-0.15, -0.1) is 0 Å². The normalized spacial score (nSPS) is 14.5. The summed E-state index contributed by atoms with van der Waals surface area (Å²) in [7, 11) is -2.10. The fraction of sp³-hybridized carbons (Fsp3) is 0.435. The van der Waals surface area contributed by atoms with Gasteiger partial charge in [0.1, 0.15) is 11.8 Å². The minimum Gasteiger partial charge on any atom is -0.497 e. The number of nitrogens with zero attached hydrogens (tertiary/aromatic N) is 2. The van der Waals surface area contributed by atoms with Crippen LogP contribution in [0.25, 0.3) is 0 Å². The Bertz CT molecular complexity index is 992. The fourth-order valence-electron chi connectivity index (χ4n) is 4.01. The van der Waals surface area contributed by atoms with Crippen molar-refractivity contribution in [3.63, 3.8) is 0 Å². The second-order valence-corrected chi connectivity index (χ2v) is 9.66. The quantitative estimate of drug-likeness (QED) is 0.601. The van der Waals surface area contributed by atoms with Crippen LogP contribution in [0.1, 0.15) is 25.3 Å². The zero-order valence-corrected chi connectivity index (χ0v) is 19.2. The molecule has 7 nitrogen and oxygen atoms in total. The van der Waals surface area contributed by atoms with Crippen molar-refractivity contribution in [2.45, 2.75) is 32.2 Å². The van der Waals surface area contributed by atoms with Gasteiger partial charge in [0.25, 0.3) is 0 Å². The number of rotatable bonds is 9. The van der Waals surface area contributed by atoms with Crippen LogP contribution in [-0.2, 0) is 21.2 Å². The number of sulfonamides is 1. The average Bonchev–Trinajstić information content (AvgIpc) is 2.76. The predicted octanol–water partition coefficient (Wildman–Crippen LogP) is 2.81. The topological polar surface area (TPSA) is 79.0 Å². The second-order valence-electron chi connectivity index (χ2n) is 7.80. The average molecular weight is 446 g/mol. The number of carbonyl (C=O) groups is 1. The maximum atomic E-state index is 12.7. The van der Waals surface area contributed by atoms with E-state index < -0.39 is 16.1 Å². The number of fused-ring (bicyclic) bond motifs is 1. The molecule has 168 valence electrons. The molecule has 2 aromatic rings. The van der Waals surface area contributed by atoms with Crippen molar-refractivity contribution < 1.29 is 17.9 Å². The third-order valence-corrected chi connectivity index (χ3v) is 6.77. The summed E-state index contributed by atoms with van der Waals surface area (Å²) in [5.74, 6) is 0.300. The Morgan fingerprint density at radius 1 is 1.19 bits per heavy atom. The first-order valence-corrected chi connectivity index (χ1v) is 12.4. The number of methoxy groups -OCH3 is 1. The van der Waals surface area contributed by atoms with E-state index in [1.165, 1.54) is 11.3 Å². The minimum atomic E-state index is -3.64. The number of aryl methyl sites for hydroxylation is 1. The van der Waals surface area contributed by atoms with Gasteiger partial charge in [-0.05, 0) is 62.1 Å². The number of anilines is 2. The van der Waals surface area contributed by atoms with E-state index in [-0.39, 0.29) is 5.91 Å². The largest absolute Gasteiger partial charge is 0.497 e. The highest BCUT2D eigenvalue weighted by molar-refractivity contribution is 7.92. The second kappa shape index (κ2) is 10.0. The number of nitrogens with one attached hydrogen (secondary N) is 1. The summed E-state index contributed by atoms with van der Waals surface area (Å²) >= 11 is 0. The third-order valence-electron chi connectivity index (χ3n) is 5.53. The zero-order valence-electron chi connectivity index (χ0n) is 18.4. The monoisotopic (exact) mass is 445 g/mol. The van der Waals surface area contributed by atoms with Crippen LogP contribution in [0, 0.1) is 0 Å². The van der Waals surface area contributed by atoms with Gasteiger partial charge < -0.3 is 15.0 Å². The zero-order chi connectivity index (χ0) is 22.4. The van der Waals surface area contributed by atoms with Gasteiger partial charge in [-0.25, -0.2) is 8.42 Å². The molecule has 0 spiro atoms. The molecule has 0 aliphatic carbocycles. The van der Waals surface area contributed by atoms with Gasteiger partial charge in [0.2, 0.25) is 15.9 Å². The Morgan fingerprint density at radius 3 is 2.58 bits per heavy atom. The van der Waals surface area contributed by atoms with E-state index >= 15 is 0 Å². The Hall–Kier alpha value is -2.74. The number of hydrogen-bond acceptors (Lipinski definition) is 5. The Morgan fingerprint density at radius 2 is 1.90 bits per heavy atom. The molecular weight excluding hydrogens is 414 g/mol. The molecule has 1 aliphatic rings. The molecule has 0 radical (unpaired) electrons. The molecule has 1 N–H and O–H groups in total. The number of hydrogen-bond donors (Lipinski definition) is 1. The lowest BCUT2D eigenvalue weighted by Crippen LogP contribution is -2.48. The van der Waals surface area contributed by atoms with E-state index in [2.05, 4.69) is 34.5 Å². The van der Waals surface area contributed by atoms with Crippen LogP contribution >= 0.6 is 0 Å². The van der Waals surface area contributed by atoms with E-state index in [1.807, 2.05) is 0 Å². The van der Waals surface area contributed by atoms with Crippen LogP contribution in [0.2, 0.25) is 0 Å². The van der Waals surface area contributed by atoms with Crippen LogP contribution in [0.3, 0.4) is 0 Å². The molecule has 3 rings (SSSR count). The van der Waals surface area contributed by atoms with Crippen LogP contribution in [0.15, 0.2) is 48.5 Å². The molecule has 31 heavy (non-hydrogen) atoms. The van der Waals surface area contributed by atoms with E-state index in [4.69, 9.17) is 4.74 Å². The smallest absolute Gasteiger partial charge is 0.243 e. The summed E-state index contributed by atoms with van der Waals surface area (Å²) in [5, 5.41) is 2.89. The van der Waals surface area contributed by atoms with Gasteiger partial charge in [-0.1, -0.05) is 18.2 Å². The molecule has 0 fully saturated rings. The summed E-state index contributed by atoms with van der Waals surface area (Å²) < 4.78 is 31.1. The summed E-state index contributed by atoms with van der Waals surface area (Å²) in [6, 6.07) is 14.2. The van der Waals surface area contributed by atoms with Crippen molar-refractivity contribution in [1.82, 2.24) is 5.32 Å². The van der Waals surface area contributed by atoms with Crippen molar-refractivity contribution in [3.8, 4) is 5.75 Å². The van der Waals surface area contributed by atoms with Gasteiger partial charge in [-0.2, -0.15) is 0 Å². The molecule has 1 heterocycles. The third kappa shape index (κ3) is 5.70. The number of carbonyl (C=O) groups excluding carboxylic acids is 1. The van der Waals surface area contributed by atoms with Crippen LogP contribution < -0.4 is 19.3 Å². The summed E-state index contributed by atoms with van der Waals surface area (Å²) in [4.78, 5) is 15.1. The Labute approximate surface area is 185 Å². The minimum absolute atomic E-state index is 0.319. The lowest BCUT2D eigenvalue weighted by molar-refractivity contribution is -0.121.